The van der Waals surface area contributed by atoms with Crippen LogP contribution in [0.4, 0.5) is 5.82 Å². The van der Waals surface area contributed by atoms with Crippen LogP contribution < -0.4 is 10.6 Å². The van der Waals surface area contributed by atoms with E-state index in [1.807, 2.05) is 22.9 Å². The summed E-state index contributed by atoms with van der Waals surface area (Å²) >= 11 is 0. The summed E-state index contributed by atoms with van der Waals surface area (Å²) in [6, 6.07) is 7.76. The molecule has 1 saturated heterocycles. The standard InChI is InChI=1S/C20H19N7O/c21-9-13-4-5-17(23-10-13)26-8-2-1-3-14(12-26)27-18-15-6-7-22-19(15)24-11-16(18)25-20(27)28/h4-7,10-11,14H,1-3,8,12H2,(H,22,24)(H,25,28). The van der Waals surface area contributed by atoms with E-state index in [-0.39, 0.29) is 11.7 Å². The highest BCUT2D eigenvalue weighted by Crippen LogP contribution is 2.29. The summed E-state index contributed by atoms with van der Waals surface area (Å²) in [7, 11) is 0. The lowest BCUT2D eigenvalue weighted by Crippen LogP contribution is -2.33. The molecule has 2 N–H and O–H groups in total. The minimum absolute atomic E-state index is 0.0293. The summed E-state index contributed by atoms with van der Waals surface area (Å²) in [5, 5.41) is 9.95. The lowest BCUT2D eigenvalue weighted by molar-refractivity contribution is 0.476. The van der Waals surface area contributed by atoms with E-state index in [0.717, 1.165) is 53.7 Å². The van der Waals surface area contributed by atoms with Crippen molar-refractivity contribution in [2.24, 2.45) is 0 Å². The molecular formula is C20H19N7O. The molecule has 1 atom stereocenters. The molecule has 0 bridgehead atoms. The topological polar surface area (TPSA) is 106 Å². The second-order valence-corrected chi connectivity index (χ2v) is 7.17. The molecule has 0 radical (unpaired) electrons. The third-order valence-electron chi connectivity index (χ3n) is 5.47. The first-order valence-corrected chi connectivity index (χ1v) is 9.42. The third-order valence-corrected chi connectivity index (χ3v) is 5.47. The van der Waals surface area contributed by atoms with Crippen molar-refractivity contribution in [2.45, 2.75) is 25.3 Å². The maximum Gasteiger partial charge on any atom is 0.326 e. The lowest BCUT2D eigenvalue weighted by Gasteiger charge is -2.26. The number of H-pyrrole nitrogens is 2. The highest BCUT2D eigenvalue weighted by atomic mass is 16.1. The minimum Gasteiger partial charge on any atom is -0.355 e. The van der Waals surface area contributed by atoms with Crippen molar-refractivity contribution in [2.75, 3.05) is 18.0 Å². The van der Waals surface area contributed by atoms with E-state index < -0.39 is 0 Å². The van der Waals surface area contributed by atoms with Crippen LogP contribution in [0.25, 0.3) is 22.1 Å². The van der Waals surface area contributed by atoms with Crippen molar-refractivity contribution in [3.63, 3.8) is 0 Å². The molecule has 5 rings (SSSR count). The zero-order chi connectivity index (χ0) is 19.1. The molecule has 1 unspecified atom stereocenters. The third kappa shape index (κ3) is 2.63. The van der Waals surface area contributed by atoms with Crippen LogP contribution in [-0.2, 0) is 0 Å². The van der Waals surface area contributed by atoms with Gasteiger partial charge in [0.1, 0.15) is 17.5 Å². The average Bonchev–Trinajstić information content (AvgIpc) is 3.24. The summed E-state index contributed by atoms with van der Waals surface area (Å²) in [5.74, 6) is 0.840. The molecule has 0 aliphatic carbocycles. The van der Waals surface area contributed by atoms with E-state index in [1.54, 1.807) is 18.5 Å². The Morgan fingerprint density at radius 1 is 1.18 bits per heavy atom. The Kier molecular flexibility index (Phi) is 3.86. The lowest BCUT2D eigenvalue weighted by atomic mass is 10.1. The fourth-order valence-corrected chi connectivity index (χ4v) is 4.15. The van der Waals surface area contributed by atoms with Gasteiger partial charge in [-0.05, 0) is 37.5 Å². The number of nitriles is 1. The van der Waals surface area contributed by atoms with Crippen LogP contribution in [0.2, 0.25) is 0 Å². The zero-order valence-corrected chi connectivity index (χ0v) is 15.2. The molecule has 8 heteroatoms. The molecule has 0 spiro atoms. The number of imidazole rings is 1. The molecule has 1 fully saturated rings. The number of aromatic nitrogens is 5. The first-order valence-electron chi connectivity index (χ1n) is 9.42. The van der Waals surface area contributed by atoms with Gasteiger partial charge in [-0.3, -0.25) is 4.57 Å². The molecule has 0 saturated carbocycles. The summed E-state index contributed by atoms with van der Waals surface area (Å²) in [6.45, 7) is 1.58. The Balaban J connectivity index is 1.58. The number of fused-ring (bicyclic) bond motifs is 3. The van der Waals surface area contributed by atoms with Crippen LogP contribution in [0.3, 0.4) is 0 Å². The van der Waals surface area contributed by atoms with Crippen LogP contribution in [-0.4, -0.2) is 37.6 Å². The van der Waals surface area contributed by atoms with Gasteiger partial charge in [0.25, 0.3) is 0 Å². The van der Waals surface area contributed by atoms with Crippen LogP contribution in [0, 0.1) is 11.3 Å². The monoisotopic (exact) mass is 373 g/mol. The van der Waals surface area contributed by atoms with Gasteiger partial charge in [-0.15, -0.1) is 0 Å². The van der Waals surface area contributed by atoms with E-state index in [1.165, 1.54) is 0 Å². The molecule has 4 aromatic rings. The van der Waals surface area contributed by atoms with Crippen molar-refractivity contribution >= 4 is 27.9 Å². The van der Waals surface area contributed by atoms with Crippen molar-refractivity contribution in [1.29, 1.82) is 5.26 Å². The summed E-state index contributed by atoms with van der Waals surface area (Å²) in [5.41, 5.74) is 2.87. The molecule has 1 aliphatic heterocycles. The Bertz CT molecular complexity index is 1240. The number of hydrogen-bond donors (Lipinski definition) is 2. The van der Waals surface area contributed by atoms with Gasteiger partial charge < -0.3 is 14.9 Å². The van der Waals surface area contributed by atoms with Crippen molar-refractivity contribution in [1.82, 2.24) is 24.5 Å². The second-order valence-electron chi connectivity index (χ2n) is 7.17. The first-order chi connectivity index (χ1) is 13.7. The Morgan fingerprint density at radius 2 is 2.11 bits per heavy atom. The van der Waals surface area contributed by atoms with Gasteiger partial charge in [-0.25, -0.2) is 14.8 Å². The molecule has 28 heavy (non-hydrogen) atoms. The predicted molar refractivity (Wildman–Crippen MR) is 106 cm³/mol. The molecule has 1 aliphatic rings. The fraction of sp³-hybridized carbons (Fsp3) is 0.300. The Hall–Kier alpha value is -3.60. The average molecular weight is 373 g/mol. The van der Waals surface area contributed by atoms with Gasteiger partial charge in [0.2, 0.25) is 0 Å². The molecule has 0 aromatic carbocycles. The molecular weight excluding hydrogens is 354 g/mol. The Labute approximate surface area is 160 Å². The second kappa shape index (κ2) is 6.53. The molecule has 5 heterocycles. The molecule has 140 valence electrons. The maximum atomic E-state index is 12.8. The predicted octanol–water partition coefficient (Wildman–Crippen LogP) is 2.70. The van der Waals surface area contributed by atoms with Gasteiger partial charge in [0.15, 0.2) is 0 Å². The van der Waals surface area contributed by atoms with Gasteiger partial charge in [-0.2, -0.15) is 5.26 Å². The normalized spacial score (nSPS) is 17.7. The van der Waals surface area contributed by atoms with E-state index >= 15 is 0 Å². The molecule has 8 nitrogen and oxygen atoms in total. The van der Waals surface area contributed by atoms with Crippen LogP contribution >= 0.6 is 0 Å². The highest BCUT2D eigenvalue weighted by Gasteiger charge is 2.25. The van der Waals surface area contributed by atoms with Gasteiger partial charge in [0, 0.05) is 30.9 Å². The summed E-state index contributed by atoms with van der Waals surface area (Å²) in [6.07, 6.45) is 8.16. The van der Waals surface area contributed by atoms with Crippen molar-refractivity contribution in [3.8, 4) is 6.07 Å². The minimum atomic E-state index is -0.106. The summed E-state index contributed by atoms with van der Waals surface area (Å²) < 4.78 is 1.88. The number of hydrogen-bond acceptors (Lipinski definition) is 5. The van der Waals surface area contributed by atoms with E-state index in [0.29, 0.717) is 12.1 Å². The van der Waals surface area contributed by atoms with E-state index in [4.69, 9.17) is 5.26 Å². The first kappa shape index (κ1) is 16.6. The maximum absolute atomic E-state index is 12.8. The van der Waals surface area contributed by atoms with Crippen molar-refractivity contribution in [3.05, 3.63) is 52.8 Å². The van der Waals surface area contributed by atoms with Crippen LogP contribution in [0.5, 0.6) is 0 Å². The largest absolute Gasteiger partial charge is 0.355 e. The quantitative estimate of drug-likeness (QED) is 0.562. The van der Waals surface area contributed by atoms with Gasteiger partial charge in [0.05, 0.1) is 28.8 Å². The molecule has 0 amide bonds. The number of aromatic amines is 2. The van der Waals surface area contributed by atoms with E-state index in [9.17, 15) is 4.79 Å². The van der Waals surface area contributed by atoms with E-state index in [2.05, 4.69) is 30.9 Å². The fourth-order valence-electron chi connectivity index (χ4n) is 4.15. The number of rotatable bonds is 2. The highest BCUT2D eigenvalue weighted by molar-refractivity contribution is 6.00. The smallest absolute Gasteiger partial charge is 0.326 e. The SMILES string of the molecule is N#Cc1ccc(N2CCCCC(n3c(=O)[nH]c4cnc5[nH]ccc5c43)C2)nc1. The van der Waals surface area contributed by atoms with Gasteiger partial charge >= 0.3 is 5.69 Å². The van der Waals surface area contributed by atoms with Crippen molar-refractivity contribution < 1.29 is 0 Å². The summed E-state index contributed by atoms with van der Waals surface area (Å²) in [4.78, 5) is 30.0. The van der Waals surface area contributed by atoms with Crippen LogP contribution in [0.1, 0.15) is 30.9 Å². The number of pyridine rings is 2. The molecule has 4 aromatic heterocycles. The number of anilines is 1. The number of nitrogens with zero attached hydrogens (tertiary/aromatic N) is 5. The van der Waals surface area contributed by atoms with Crippen LogP contribution in [0.15, 0.2) is 41.6 Å². The van der Waals surface area contributed by atoms with Gasteiger partial charge in [-0.1, -0.05) is 0 Å². The Morgan fingerprint density at radius 3 is 2.93 bits per heavy atom. The number of nitrogens with one attached hydrogen (secondary N) is 2. The zero-order valence-electron chi connectivity index (χ0n) is 15.2.